The predicted molar refractivity (Wildman–Crippen MR) is 96.1 cm³/mol. The lowest BCUT2D eigenvalue weighted by molar-refractivity contribution is 0.298. The maximum Gasteiger partial charge on any atom is 0.0908 e. The van der Waals surface area contributed by atoms with Gasteiger partial charge in [-0.25, -0.2) is 5.01 Å². The first kappa shape index (κ1) is 15.0. The molecule has 2 aliphatic rings. The largest absolute Gasteiger partial charge is 0.369 e. The summed E-state index contributed by atoms with van der Waals surface area (Å²) in [5.74, 6) is 0. The molecule has 24 heavy (non-hydrogen) atoms. The number of hydrogen-bond acceptors (Lipinski definition) is 5. The van der Waals surface area contributed by atoms with E-state index in [1.165, 1.54) is 10.8 Å². The van der Waals surface area contributed by atoms with Crippen LogP contribution >= 0.6 is 0 Å². The van der Waals surface area contributed by atoms with Crippen LogP contribution in [0.3, 0.4) is 0 Å². The van der Waals surface area contributed by atoms with Crippen LogP contribution < -0.4 is 9.91 Å². The molecule has 0 N–H and O–H groups in total. The molecule has 0 amide bonds. The van der Waals surface area contributed by atoms with Gasteiger partial charge < -0.3 is 9.80 Å². The number of para-hydroxylation sites is 2. The van der Waals surface area contributed by atoms with E-state index < -0.39 is 0 Å². The molecule has 1 fully saturated rings. The zero-order chi connectivity index (χ0) is 16.5. The fraction of sp³-hybridized carbons (Fsp3) is 0.333. The molecule has 0 atom stereocenters. The number of hydrazine groups is 1. The summed E-state index contributed by atoms with van der Waals surface area (Å²) in [5, 5.41) is 6.54. The molecule has 2 heterocycles. The van der Waals surface area contributed by atoms with Crippen molar-refractivity contribution in [2.24, 2.45) is 5.29 Å². The molecule has 2 aromatic carbocycles. The highest BCUT2D eigenvalue weighted by molar-refractivity contribution is 5.91. The summed E-state index contributed by atoms with van der Waals surface area (Å²) < 4.78 is 0. The minimum Gasteiger partial charge on any atom is -0.369 e. The molecular formula is C18H21N5O. The average molecular weight is 323 g/mol. The highest BCUT2D eigenvalue weighted by Crippen LogP contribution is 2.48. The Balaban J connectivity index is 1.47. The van der Waals surface area contributed by atoms with Gasteiger partial charge in [-0.1, -0.05) is 24.3 Å². The first-order valence-corrected chi connectivity index (χ1v) is 8.28. The van der Waals surface area contributed by atoms with Gasteiger partial charge in [0.05, 0.1) is 23.2 Å². The fourth-order valence-electron chi connectivity index (χ4n) is 3.25. The van der Waals surface area contributed by atoms with Gasteiger partial charge in [-0.05, 0) is 36.9 Å². The van der Waals surface area contributed by atoms with Gasteiger partial charge in [-0.3, -0.25) is 0 Å². The number of hydrogen-bond donors (Lipinski definition) is 0. The molecule has 2 aliphatic heterocycles. The van der Waals surface area contributed by atoms with Crippen molar-refractivity contribution in [3.8, 4) is 0 Å². The van der Waals surface area contributed by atoms with Crippen molar-refractivity contribution in [2.75, 3.05) is 43.1 Å². The van der Waals surface area contributed by atoms with E-state index in [4.69, 9.17) is 0 Å². The van der Waals surface area contributed by atoms with E-state index in [9.17, 15) is 4.91 Å². The van der Waals surface area contributed by atoms with E-state index in [2.05, 4.69) is 40.3 Å². The second-order valence-electron chi connectivity index (χ2n) is 6.37. The molecule has 0 bridgehead atoms. The minimum absolute atomic E-state index is 0.472. The summed E-state index contributed by atoms with van der Waals surface area (Å²) in [5.41, 5.74) is 4.40. The predicted octanol–water partition coefficient (Wildman–Crippen LogP) is 2.99. The van der Waals surface area contributed by atoms with Crippen LogP contribution in [-0.2, 0) is 6.54 Å². The summed E-state index contributed by atoms with van der Waals surface area (Å²) in [4.78, 5) is 16.0. The quantitative estimate of drug-likeness (QED) is 0.481. The summed E-state index contributed by atoms with van der Waals surface area (Å²) in [6.07, 6.45) is 0. The molecular weight excluding hydrogens is 302 g/mol. The number of fused-ring (bicyclic) bond motifs is 1. The SMILES string of the molecule is CN1CCN(c2cccc(CN(N=O)N3c4ccccc43)c2)CC1. The Morgan fingerprint density at radius 3 is 2.38 bits per heavy atom. The first-order chi connectivity index (χ1) is 11.8. The van der Waals surface area contributed by atoms with Crippen molar-refractivity contribution < 1.29 is 0 Å². The molecule has 2 aromatic rings. The van der Waals surface area contributed by atoms with E-state index in [0.717, 1.165) is 43.1 Å². The Morgan fingerprint density at radius 2 is 1.71 bits per heavy atom. The monoisotopic (exact) mass is 323 g/mol. The van der Waals surface area contributed by atoms with Crippen molar-refractivity contribution in [1.29, 1.82) is 0 Å². The van der Waals surface area contributed by atoms with E-state index in [1.807, 2.05) is 35.3 Å². The third-order valence-corrected chi connectivity index (χ3v) is 4.72. The van der Waals surface area contributed by atoms with Gasteiger partial charge in [0.25, 0.3) is 0 Å². The number of nitrogens with zero attached hydrogens (tertiary/aromatic N) is 5. The van der Waals surface area contributed by atoms with Gasteiger partial charge in [-0.15, -0.1) is 4.91 Å². The first-order valence-electron chi connectivity index (χ1n) is 8.28. The maximum atomic E-state index is 11.3. The third kappa shape index (κ3) is 2.80. The van der Waals surface area contributed by atoms with Crippen LogP contribution in [0.5, 0.6) is 0 Å². The summed E-state index contributed by atoms with van der Waals surface area (Å²) in [7, 11) is 2.16. The lowest BCUT2D eigenvalue weighted by Gasteiger charge is -2.34. The van der Waals surface area contributed by atoms with Crippen molar-refractivity contribution in [2.45, 2.75) is 6.54 Å². The molecule has 124 valence electrons. The fourth-order valence-corrected chi connectivity index (χ4v) is 3.25. The number of rotatable bonds is 5. The average Bonchev–Trinajstić information content (AvgIpc) is 3.35. The molecule has 6 nitrogen and oxygen atoms in total. The molecule has 0 radical (unpaired) electrons. The van der Waals surface area contributed by atoms with Gasteiger partial charge in [0.2, 0.25) is 0 Å². The molecule has 0 aromatic heterocycles. The number of nitroso groups, excluding NO2 is 1. The Morgan fingerprint density at radius 1 is 1.00 bits per heavy atom. The van der Waals surface area contributed by atoms with Crippen molar-refractivity contribution in [3.05, 3.63) is 59.0 Å². The molecule has 6 heteroatoms. The second kappa shape index (κ2) is 6.13. The molecule has 4 rings (SSSR count). The summed E-state index contributed by atoms with van der Waals surface area (Å²) >= 11 is 0. The Hall–Kier alpha value is -2.60. The minimum atomic E-state index is 0.472. The van der Waals surface area contributed by atoms with E-state index >= 15 is 0 Å². The number of piperazine rings is 1. The van der Waals surface area contributed by atoms with E-state index in [1.54, 1.807) is 0 Å². The van der Waals surface area contributed by atoms with Crippen molar-refractivity contribution in [1.82, 2.24) is 10.0 Å². The van der Waals surface area contributed by atoms with Crippen LogP contribution in [-0.4, -0.2) is 43.2 Å². The van der Waals surface area contributed by atoms with Crippen molar-refractivity contribution in [3.63, 3.8) is 0 Å². The van der Waals surface area contributed by atoms with Gasteiger partial charge >= 0.3 is 0 Å². The smallest absolute Gasteiger partial charge is 0.0908 e. The van der Waals surface area contributed by atoms with Crippen molar-refractivity contribution >= 4 is 17.1 Å². The zero-order valence-corrected chi connectivity index (χ0v) is 13.8. The lowest BCUT2D eigenvalue weighted by Crippen LogP contribution is -2.44. The maximum absolute atomic E-state index is 11.3. The van der Waals surface area contributed by atoms with E-state index in [0.29, 0.717) is 6.54 Å². The molecule has 1 saturated heterocycles. The highest BCUT2D eigenvalue weighted by Gasteiger charge is 2.34. The van der Waals surface area contributed by atoms with Gasteiger partial charge in [0, 0.05) is 31.9 Å². The topological polar surface area (TPSA) is 42.2 Å². The third-order valence-electron chi connectivity index (χ3n) is 4.72. The van der Waals surface area contributed by atoms with Gasteiger partial charge in [0.15, 0.2) is 0 Å². The van der Waals surface area contributed by atoms with E-state index in [-0.39, 0.29) is 0 Å². The van der Waals surface area contributed by atoms with Crippen LogP contribution in [0.2, 0.25) is 0 Å². The zero-order valence-electron chi connectivity index (χ0n) is 13.8. The summed E-state index contributed by atoms with van der Waals surface area (Å²) in [6, 6.07) is 16.3. The standard InChI is InChI=1S/C18H21N5O/c1-20-9-11-21(12-10-20)16-6-4-5-15(13-16)14-22(19-24)23-17-7-2-3-8-18(17)23/h2-8,13H,9-12,14H2,1H3. The lowest BCUT2D eigenvalue weighted by atomic mass is 10.1. The van der Waals surface area contributed by atoms with Crippen LogP contribution in [0, 0.1) is 4.91 Å². The number of benzene rings is 2. The van der Waals surface area contributed by atoms with Gasteiger partial charge in [-0.2, -0.15) is 5.12 Å². The normalized spacial score (nSPS) is 16.7. The molecule has 0 spiro atoms. The van der Waals surface area contributed by atoms with Crippen LogP contribution in [0.1, 0.15) is 5.56 Å². The second-order valence-corrected chi connectivity index (χ2v) is 6.37. The van der Waals surface area contributed by atoms with Gasteiger partial charge in [0.1, 0.15) is 0 Å². The van der Waals surface area contributed by atoms with Crippen LogP contribution in [0.4, 0.5) is 17.1 Å². The molecule has 0 saturated carbocycles. The number of likely N-dealkylation sites (N-methyl/N-ethyl adjacent to an activating group) is 1. The Bertz CT molecular complexity index is 719. The summed E-state index contributed by atoms with van der Waals surface area (Å²) in [6.45, 7) is 4.70. The van der Waals surface area contributed by atoms with Crippen LogP contribution in [0.25, 0.3) is 0 Å². The van der Waals surface area contributed by atoms with Crippen LogP contribution in [0.15, 0.2) is 53.8 Å². The Kier molecular flexibility index (Phi) is 3.82. The Labute approximate surface area is 141 Å². The molecule has 0 aliphatic carbocycles. The highest BCUT2D eigenvalue weighted by atomic mass is 16.3. The number of anilines is 3. The molecule has 0 unspecified atom stereocenters.